The maximum absolute atomic E-state index is 12.4. The van der Waals surface area contributed by atoms with Crippen molar-refractivity contribution in [1.29, 1.82) is 0 Å². The predicted molar refractivity (Wildman–Crippen MR) is 114 cm³/mol. The van der Waals surface area contributed by atoms with Crippen molar-refractivity contribution in [3.05, 3.63) is 42.7 Å². The molecule has 1 aromatic heterocycles. The van der Waals surface area contributed by atoms with Gasteiger partial charge < -0.3 is 14.8 Å². The van der Waals surface area contributed by atoms with E-state index >= 15 is 0 Å². The summed E-state index contributed by atoms with van der Waals surface area (Å²) in [6.07, 6.45) is 8.04. The van der Waals surface area contributed by atoms with Crippen LogP contribution in [0.15, 0.2) is 42.1 Å². The molecule has 1 saturated heterocycles. The minimum atomic E-state index is -0.0307. The zero-order chi connectivity index (χ0) is 19.3. The molecule has 2 heterocycles. The van der Waals surface area contributed by atoms with Gasteiger partial charge in [-0.3, -0.25) is 4.79 Å². The Morgan fingerprint density at radius 1 is 1.18 bits per heavy atom. The van der Waals surface area contributed by atoms with E-state index in [1.165, 1.54) is 49.6 Å². The predicted octanol–water partition coefficient (Wildman–Crippen LogP) is 4.06. The van der Waals surface area contributed by atoms with Crippen LogP contribution in [0, 0.1) is 0 Å². The summed E-state index contributed by atoms with van der Waals surface area (Å²) in [4.78, 5) is 14.8. The number of piperidine rings is 1. The van der Waals surface area contributed by atoms with Gasteiger partial charge in [0.05, 0.1) is 5.75 Å². The van der Waals surface area contributed by atoms with Crippen molar-refractivity contribution in [2.75, 3.05) is 29.1 Å². The lowest BCUT2D eigenvalue weighted by Crippen LogP contribution is -2.29. The van der Waals surface area contributed by atoms with Crippen LogP contribution in [-0.2, 0) is 11.3 Å². The van der Waals surface area contributed by atoms with Crippen molar-refractivity contribution in [2.24, 2.45) is 0 Å². The van der Waals surface area contributed by atoms with E-state index in [2.05, 4.69) is 43.7 Å². The topological polar surface area (TPSA) is 63.1 Å². The van der Waals surface area contributed by atoms with Gasteiger partial charge in [-0.1, -0.05) is 17.8 Å². The third-order valence-corrected chi connectivity index (χ3v) is 6.17. The Balaban J connectivity index is 1.31. The molecule has 0 bridgehead atoms. The molecule has 4 rings (SSSR count). The number of rotatable bonds is 8. The van der Waals surface area contributed by atoms with E-state index in [4.69, 9.17) is 0 Å². The molecule has 1 aliphatic carbocycles. The second-order valence-electron chi connectivity index (χ2n) is 7.45. The molecule has 1 N–H and O–H groups in total. The Kier molecular flexibility index (Phi) is 6.00. The second kappa shape index (κ2) is 8.82. The quantitative estimate of drug-likeness (QED) is 0.537. The van der Waals surface area contributed by atoms with Gasteiger partial charge >= 0.3 is 0 Å². The van der Waals surface area contributed by atoms with Crippen molar-refractivity contribution >= 4 is 29.0 Å². The standard InChI is InChI=1S/C21H27N5OS/c1-2-12-26-20(16-6-7-16)23-24-21(26)28-15-19(27)22-17-8-10-18(11-9-17)25-13-4-3-5-14-25/h2,8-11,16H,1,3-7,12-15H2,(H,22,27). The number of thioether (sulfide) groups is 1. The first-order valence-electron chi connectivity index (χ1n) is 10.1. The fourth-order valence-electron chi connectivity index (χ4n) is 3.59. The highest BCUT2D eigenvalue weighted by molar-refractivity contribution is 7.99. The maximum atomic E-state index is 12.4. The Morgan fingerprint density at radius 3 is 2.61 bits per heavy atom. The number of allylic oxidation sites excluding steroid dienone is 1. The van der Waals surface area contributed by atoms with E-state index in [0.717, 1.165) is 29.8 Å². The number of benzene rings is 1. The van der Waals surface area contributed by atoms with Crippen molar-refractivity contribution in [1.82, 2.24) is 14.8 Å². The molecule has 0 unspecified atom stereocenters. The highest BCUT2D eigenvalue weighted by Crippen LogP contribution is 2.40. The molecule has 148 valence electrons. The van der Waals surface area contributed by atoms with E-state index in [-0.39, 0.29) is 5.91 Å². The third kappa shape index (κ3) is 4.58. The van der Waals surface area contributed by atoms with E-state index in [9.17, 15) is 4.79 Å². The van der Waals surface area contributed by atoms with Crippen molar-refractivity contribution in [3.8, 4) is 0 Å². The van der Waals surface area contributed by atoms with E-state index in [0.29, 0.717) is 18.2 Å². The van der Waals surface area contributed by atoms with Gasteiger partial charge in [0.25, 0.3) is 0 Å². The largest absolute Gasteiger partial charge is 0.372 e. The molecule has 6 nitrogen and oxygen atoms in total. The SMILES string of the molecule is C=CCn1c(SCC(=O)Nc2ccc(N3CCCCC3)cc2)nnc1C1CC1. The average molecular weight is 398 g/mol. The van der Waals surface area contributed by atoms with Crippen LogP contribution in [0.2, 0.25) is 0 Å². The van der Waals surface area contributed by atoms with Crippen molar-refractivity contribution in [3.63, 3.8) is 0 Å². The van der Waals surface area contributed by atoms with Crippen LogP contribution in [0.3, 0.4) is 0 Å². The fraction of sp³-hybridized carbons (Fsp3) is 0.476. The van der Waals surface area contributed by atoms with Gasteiger partial charge in [-0.15, -0.1) is 16.8 Å². The average Bonchev–Trinajstić information content (AvgIpc) is 3.49. The van der Waals surface area contributed by atoms with Crippen LogP contribution in [0.4, 0.5) is 11.4 Å². The zero-order valence-corrected chi connectivity index (χ0v) is 17.0. The van der Waals surface area contributed by atoms with Crippen LogP contribution < -0.4 is 10.2 Å². The van der Waals surface area contributed by atoms with E-state index < -0.39 is 0 Å². The molecule has 0 radical (unpaired) electrons. The first-order chi connectivity index (χ1) is 13.7. The minimum absolute atomic E-state index is 0.0307. The van der Waals surface area contributed by atoms with Crippen LogP contribution in [0.25, 0.3) is 0 Å². The first kappa shape index (κ1) is 19.1. The van der Waals surface area contributed by atoms with Crippen LogP contribution in [0.5, 0.6) is 0 Å². The Labute approximate surface area is 170 Å². The Bertz CT molecular complexity index is 822. The second-order valence-corrected chi connectivity index (χ2v) is 8.39. The molecule has 28 heavy (non-hydrogen) atoms. The molecule has 2 aliphatic rings. The van der Waals surface area contributed by atoms with E-state index in [1.807, 2.05) is 18.2 Å². The summed E-state index contributed by atoms with van der Waals surface area (Å²) >= 11 is 1.43. The Hall–Kier alpha value is -2.28. The molecule has 7 heteroatoms. The van der Waals surface area contributed by atoms with Gasteiger partial charge in [0.1, 0.15) is 5.82 Å². The molecule has 2 aromatic rings. The van der Waals surface area contributed by atoms with Crippen LogP contribution >= 0.6 is 11.8 Å². The van der Waals surface area contributed by atoms with Crippen molar-refractivity contribution in [2.45, 2.75) is 49.7 Å². The summed E-state index contributed by atoms with van der Waals surface area (Å²) in [5, 5.41) is 12.4. The molecule has 1 saturated carbocycles. The van der Waals surface area contributed by atoms with Gasteiger partial charge in [-0.2, -0.15) is 0 Å². The smallest absolute Gasteiger partial charge is 0.234 e. The first-order valence-corrected chi connectivity index (χ1v) is 11.0. The fourth-order valence-corrected chi connectivity index (χ4v) is 4.34. The van der Waals surface area contributed by atoms with Crippen LogP contribution in [0.1, 0.15) is 43.8 Å². The van der Waals surface area contributed by atoms with Gasteiger partial charge in [0.2, 0.25) is 5.91 Å². The monoisotopic (exact) mass is 397 g/mol. The number of hydrogen-bond acceptors (Lipinski definition) is 5. The number of nitrogens with one attached hydrogen (secondary N) is 1. The number of carbonyl (C=O) groups excluding carboxylic acids is 1. The zero-order valence-electron chi connectivity index (χ0n) is 16.1. The van der Waals surface area contributed by atoms with Gasteiger partial charge in [-0.25, -0.2) is 0 Å². The number of aromatic nitrogens is 3. The third-order valence-electron chi connectivity index (χ3n) is 5.20. The van der Waals surface area contributed by atoms with Gasteiger partial charge in [-0.05, 0) is 56.4 Å². The van der Waals surface area contributed by atoms with Crippen molar-refractivity contribution < 1.29 is 4.79 Å². The van der Waals surface area contributed by atoms with Gasteiger partial charge in [0.15, 0.2) is 5.16 Å². The molecule has 0 spiro atoms. The lowest BCUT2D eigenvalue weighted by atomic mass is 10.1. The summed E-state index contributed by atoms with van der Waals surface area (Å²) in [5.74, 6) is 1.83. The molecule has 2 fully saturated rings. The minimum Gasteiger partial charge on any atom is -0.372 e. The number of amides is 1. The molecule has 1 aliphatic heterocycles. The molecule has 0 atom stereocenters. The number of anilines is 2. The Morgan fingerprint density at radius 2 is 1.93 bits per heavy atom. The summed E-state index contributed by atoms with van der Waals surface area (Å²) in [5.41, 5.74) is 2.06. The van der Waals surface area contributed by atoms with Crippen LogP contribution in [-0.4, -0.2) is 39.5 Å². The lowest BCUT2D eigenvalue weighted by molar-refractivity contribution is -0.113. The number of hydrogen-bond donors (Lipinski definition) is 1. The summed E-state index contributed by atoms with van der Waals surface area (Å²) in [7, 11) is 0. The summed E-state index contributed by atoms with van der Waals surface area (Å²) in [6.45, 7) is 6.75. The van der Waals surface area contributed by atoms with E-state index in [1.54, 1.807) is 0 Å². The number of carbonyl (C=O) groups is 1. The highest BCUT2D eigenvalue weighted by Gasteiger charge is 2.30. The molecule has 1 amide bonds. The maximum Gasteiger partial charge on any atom is 0.234 e. The molecule has 1 aromatic carbocycles. The molecular weight excluding hydrogens is 370 g/mol. The van der Waals surface area contributed by atoms with Gasteiger partial charge in [0, 0.05) is 36.9 Å². The lowest BCUT2D eigenvalue weighted by Gasteiger charge is -2.28. The highest BCUT2D eigenvalue weighted by atomic mass is 32.2. The number of nitrogens with zero attached hydrogens (tertiary/aromatic N) is 4. The normalized spacial score (nSPS) is 16.8. The summed E-state index contributed by atoms with van der Waals surface area (Å²) in [6, 6.07) is 8.16. The molecular formula is C21H27N5OS. The summed E-state index contributed by atoms with van der Waals surface area (Å²) < 4.78 is 2.08.